The minimum Gasteiger partial charge on any atom is -0.486 e. The molecule has 24 heavy (non-hydrogen) atoms. The topological polar surface area (TPSA) is 106 Å². The van der Waals surface area contributed by atoms with Crippen LogP contribution in [0.3, 0.4) is 0 Å². The van der Waals surface area contributed by atoms with Crippen LogP contribution < -0.4 is 26.3 Å². The molecule has 6 N–H and O–H groups in total. The molecule has 0 amide bonds. The molecule has 0 aromatic heterocycles. The highest BCUT2D eigenvalue weighted by Crippen LogP contribution is 2.37. The van der Waals surface area contributed by atoms with E-state index < -0.39 is 0 Å². The van der Waals surface area contributed by atoms with Crippen LogP contribution in [-0.2, 0) is 0 Å². The molecule has 1 aromatic rings. The Kier molecular flexibility index (Phi) is 5.89. The van der Waals surface area contributed by atoms with Gasteiger partial charge in [-0.2, -0.15) is 0 Å². The van der Waals surface area contributed by atoms with Gasteiger partial charge in [-0.3, -0.25) is 5.41 Å². The van der Waals surface area contributed by atoms with E-state index in [0.29, 0.717) is 30.2 Å². The normalized spacial score (nSPS) is 15.2. The molecular formula is C18H24N4O2. The van der Waals surface area contributed by atoms with Crippen LogP contribution in [0.4, 0.5) is 5.69 Å². The number of nitrogens with two attached hydrogens (primary N) is 2. The molecule has 1 aliphatic rings. The number of hydrogen-bond donors (Lipinski definition) is 4. The fourth-order valence-corrected chi connectivity index (χ4v) is 2.31. The van der Waals surface area contributed by atoms with Gasteiger partial charge in [0.15, 0.2) is 11.5 Å². The number of benzene rings is 1. The Morgan fingerprint density at radius 1 is 1.25 bits per heavy atom. The van der Waals surface area contributed by atoms with E-state index >= 15 is 0 Å². The first-order chi connectivity index (χ1) is 11.5. The Morgan fingerprint density at radius 2 is 2.00 bits per heavy atom. The summed E-state index contributed by atoms with van der Waals surface area (Å²) in [6.45, 7) is 4.98. The van der Waals surface area contributed by atoms with Gasteiger partial charge >= 0.3 is 0 Å². The third-order valence-electron chi connectivity index (χ3n) is 3.42. The summed E-state index contributed by atoms with van der Waals surface area (Å²) < 4.78 is 11.2. The van der Waals surface area contributed by atoms with E-state index in [1.807, 2.05) is 44.2 Å². The standard InChI is InChI=1S/C18H24N4O2/c1-3-5-14(19)13(18(20)21)9-8-12(2)22-15-6-4-7-16-17(15)24-11-10-23-16/h4-9,22H,3,10-11,19H2,1-2H3,(H3,20,21)/b12-8+,13-9+,14-5-. The SMILES string of the molecule is CC/C=C(N)/C(=C\C=C(/C)Nc1cccc2c1OCCO2)C(=N)N. The summed E-state index contributed by atoms with van der Waals surface area (Å²) in [6, 6.07) is 5.70. The van der Waals surface area contributed by atoms with E-state index in [4.69, 9.17) is 26.4 Å². The highest BCUT2D eigenvalue weighted by Gasteiger charge is 2.15. The van der Waals surface area contributed by atoms with Gasteiger partial charge in [-0.25, -0.2) is 0 Å². The first kappa shape index (κ1) is 17.5. The predicted octanol–water partition coefficient (Wildman–Crippen LogP) is 2.89. The van der Waals surface area contributed by atoms with Crippen molar-refractivity contribution in [2.75, 3.05) is 18.5 Å². The number of allylic oxidation sites excluding steroid dienone is 4. The van der Waals surface area contributed by atoms with Crippen molar-refractivity contribution in [1.82, 2.24) is 0 Å². The fourth-order valence-electron chi connectivity index (χ4n) is 2.31. The molecule has 0 saturated carbocycles. The van der Waals surface area contributed by atoms with E-state index in [-0.39, 0.29) is 5.84 Å². The lowest BCUT2D eigenvalue weighted by molar-refractivity contribution is 0.172. The van der Waals surface area contributed by atoms with Gasteiger partial charge in [0.2, 0.25) is 0 Å². The maximum Gasteiger partial charge on any atom is 0.184 e. The number of para-hydroxylation sites is 1. The lowest BCUT2D eigenvalue weighted by Crippen LogP contribution is -2.18. The molecule has 6 heteroatoms. The summed E-state index contributed by atoms with van der Waals surface area (Å²) in [5, 5.41) is 10.9. The molecule has 2 rings (SSSR count). The van der Waals surface area contributed by atoms with Gasteiger partial charge in [0.1, 0.15) is 19.0 Å². The molecular weight excluding hydrogens is 304 g/mol. The molecule has 0 radical (unpaired) electrons. The second kappa shape index (κ2) is 8.10. The summed E-state index contributed by atoms with van der Waals surface area (Å²) >= 11 is 0. The van der Waals surface area contributed by atoms with E-state index in [1.54, 1.807) is 6.08 Å². The Balaban J connectivity index is 2.21. The molecule has 1 aliphatic heterocycles. The molecule has 0 atom stereocenters. The Morgan fingerprint density at radius 3 is 2.71 bits per heavy atom. The van der Waals surface area contributed by atoms with Crippen molar-refractivity contribution in [2.45, 2.75) is 20.3 Å². The summed E-state index contributed by atoms with van der Waals surface area (Å²) in [7, 11) is 0. The zero-order valence-electron chi connectivity index (χ0n) is 14.1. The Bertz CT molecular complexity index is 705. The molecule has 0 fully saturated rings. The van der Waals surface area contributed by atoms with Gasteiger partial charge in [0.05, 0.1) is 5.69 Å². The minimum absolute atomic E-state index is 0.0601. The van der Waals surface area contributed by atoms with Crippen molar-refractivity contribution in [2.24, 2.45) is 11.5 Å². The van der Waals surface area contributed by atoms with E-state index in [9.17, 15) is 0 Å². The number of hydrogen-bond acceptors (Lipinski definition) is 5. The Hall–Kier alpha value is -2.89. The minimum atomic E-state index is -0.0601. The van der Waals surface area contributed by atoms with Crippen LogP contribution in [0.2, 0.25) is 0 Å². The molecule has 6 nitrogen and oxygen atoms in total. The van der Waals surface area contributed by atoms with Crippen molar-refractivity contribution < 1.29 is 9.47 Å². The number of rotatable bonds is 6. The molecule has 128 valence electrons. The number of nitrogens with one attached hydrogen (secondary N) is 2. The van der Waals surface area contributed by atoms with E-state index in [2.05, 4.69) is 5.32 Å². The molecule has 0 unspecified atom stereocenters. The van der Waals surface area contributed by atoms with Crippen LogP contribution >= 0.6 is 0 Å². The predicted molar refractivity (Wildman–Crippen MR) is 97.4 cm³/mol. The summed E-state index contributed by atoms with van der Waals surface area (Å²) in [6.07, 6.45) is 6.18. The fraction of sp³-hybridized carbons (Fsp3) is 0.278. The smallest absolute Gasteiger partial charge is 0.184 e. The van der Waals surface area contributed by atoms with Gasteiger partial charge in [0.25, 0.3) is 0 Å². The maximum atomic E-state index is 7.65. The van der Waals surface area contributed by atoms with Gasteiger partial charge < -0.3 is 26.3 Å². The summed E-state index contributed by atoms with van der Waals surface area (Å²) in [5.41, 5.74) is 14.3. The van der Waals surface area contributed by atoms with Crippen LogP contribution in [-0.4, -0.2) is 19.0 Å². The van der Waals surface area contributed by atoms with Crippen LogP contribution in [0.5, 0.6) is 11.5 Å². The van der Waals surface area contributed by atoms with Crippen molar-refractivity contribution in [3.8, 4) is 11.5 Å². The van der Waals surface area contributed by atoms with Crippen LogP contribution in [0.15, 0.2) is 53.4 Å². The second-order valence-electron chi connectivity index (χ2n) is 5.37. The summed E-state index contributed by atoms with van der Waals surface area (Å²) in [5.74, 6) is 1.38. The van der Waals surface area contributed by atoms with Crippen molar-refractivity contribution in [1.29, 1.82) is 5.41 Å². The lowest BCUT2D eigenvalue weighted by Gasteiger charge is -2.21. The first-order valence-corrected chi connectivity index (χ1v) is 7.87. The molecule has 0 bridgehead atoms. The van der Waals surface area contributed by atoms with Crippen LogP contribution in [0.1, 0.15) is 20.3 Å². The van der Waals surface area contributed by atoms with Gasteiger partial charge in [-0.1, -0.05) is 19.1 Å². The molecule has 0 aliphatic carbocycles. The van der Waals surface area contributed by atoms with Gasteiger partial charge in [-0.15, -0.1) is 0 Å². The zero-order valence-corrected chi connectivity index (χ0v) is 14.1. The first-order valence-electron chi connectivity index (χ1n) is 7.87. The number of anilines is 1. The highest BCUT2D eigenvalue weighted by molar-refractivity contribution is 5.98. The Labute approximate surface area is 142 Å². The van der Waals surface area contributed by atoms with Gasteiger partial charge in [-0.05, 0) is 37.6 Å². The van der Waals surface area contributed by atoms with Crippen LogP contribution in [0, 0.1) is 5.41 Å². The zero-order chi connectivity index (χ0) is 17.5. The van der Waals surface area contributed by atoms with Crippen molar-refractivity contribution >= 4 is 11.5 Å². The average Bonchev–Trinajstić information content (AvgIpc) is 2.55. The summed E-state index contributed by atoms with van der Waals surface area (Å²) in [4.78, 5) is 0. The van der Waals surface area contributed by atoms with Crippen LogP contribution in [0.25, 0.3) is 0 Å². The third kappa shape index (κ3) is 4.32. The van der Waals surface area contributed by atoms with Crippen molar-refractivity contribution in [3.05, 3.63) is 53.4 Å². The monoisotopic (exact) mass is 328 g/mol. The molecule has 1 aromatic carbocycles. The quantitative estimate of drug-likeness (QED) is 0.365. The molecule has 0 saturated heterocycles. The lowest BCUT2D eigenvalue weighted by atomic mass is 10.1. The van der Waals surface area contributed by atoms with Gasteiger partial charge in [0, 0.05) is 17.0 Å². The molecule has 0 spiro atoms. The highest BCUT2D eigenvalue weighted by atomic mass is 16.6. The van der Waals surface area contributed by atoms with E-state index in [1.165, 1.54) is 0 Å². The number of ether oxygens (including phenoxy) is 2. The molecule has 1 heterocycles. The van der Waals surface area contributed by atoms with Crippen molar-refractivity contribution in [3.63, 3.8) is 0 Å². The average molecular weight is 328 g/mol. The number of fused-ring (bicyclic) bond motifs is 1. The number of amidine groups is 1. The van der Waals surface area contributed by atoms with E-state index in [0.717, 1.165) is 23.6 Å². The third-order valence-corrected chi connectivity index (χ3v) is 3.42. The second-order valence-corrected chi connectivity index (χ2v) is 5.37. The largest absolute Gasteiger partial charge is 0.486 e. The maximum absolute atomic E-state index is 7.65.